The van der Waals surface area contributed by atoms with Crippen molar-refractivity contribution in [2.24, 2.45) is 0 Å². The molecular formula is C11H14ClN. The molecule has 70 valence electrons. The summed E-state index contributed by atoms with van der Waals surface area (Å²) >= 11 is 5.97. The molecule has 0 saturated carbocycles. The maximum Gasteiger partial charge on any atom is 0.0410 e. The van der Waals surface area contributed by atoms with E-state index in [9.17, 15) is 0 Å². The minimum absolute atomic E-state index is 0.690. The van der Waals surface area contributed by atoms with Crippen molar-refractivity contribution in [3.63, 3.8) is 0 Å². The van der Waals surface area contributed by atoms with Gasteiger partial charge in [0, 0.05) is 17.3 Å². The third-order valence-electron chi connectivity index (χ3n) is 2.75. The van der Waals surface area contributed by atoms with Crippen LogP contribution >= 0.6 is 11.6 Å². The van der Waals surface area contributed by atoms with Crippen molar-refractivity contribution in [2.75, 3.05) is 11.9 Å². The number of nitrogens with one attached hydrogen (secondary N) is 1. The predicted molar refractivity (Wildman–Crippen MR) is 57.6 cm³/mol. The van der Waals surface area contributed by atoms with Gasteiger partial charge in [-0.15, -0.1) is 0 Å². The first kappa shape index (κ1) is 8.89. The lowest BCUT2D eigenvalue weighted by atomic mass is 9.89. The average Bonchev–Trinajstić information content (AvgIpc) is 2.17. The lowest BCUT2D eigenvalue weighted by molar-refractivity contribution is 0.608. The highest BCUT2D eigenvalue weighted by Crippen LogP contribution is 2.35. The monoisotopic (exact) mass is 195 g/mol. The molecule has 0 bridgehead atoms. The van der Waals surface area contributed by atoms with Crippen molar-refractivity contribution >= 4 is 17.3 Å². The molecule has 13 heavy (non-hydrogen) atoms. The number of rotatable bonds is 1. The molecule has 0 fully saturated rings. The van der Waals surface area contributed by atoms with E-state index in [0.717, 1.165) is 11.6 Å². The molecule has 0 radical (unpaired) electrons. The standard InChI is InChI=1S/C11H14ClN/c1-2-8-5-6-13-11-4-3-9(12)7-10(8)11/h3-4,7-8,13H,2,5-6H2,1H3. The fourth-order valence-electron chi connectivity index (χ4n) is 1.99. The van der Waals surface area contributed by atoms with Crippen LogP contribution in [0, 0.1) is 0 Å². The van der Waals surface area contributed by atoms with Crippen molar-refractivity contribution in [3.8, 4) is 0 Å². The number of fused-ring (bicyclic) bond motifs is 1. The molecule has 1 aliphatic rings. The molecular weight excluding hydrogens is 182 g/mol. The highest BCUT2D eigenvalue weighted by atomic mass is 35.5. The van der Waals surface area contributed by atoms with Crippen LogP contribution < -0.4 is 5.32 Å². The molecule has 1 nitrogen and oxygen atoms in total. The largest absolute Gasteiger partial charge is 0.385 e. The molecule has 0 amide bonds. The van der Waals surface area contributed by atoms with Crippen LogP contribution in [0.5, 0.6) is 0 Å². The first-order valence-electron chi connectivity index (χ1n) is 4.84. The summed E-state index contributed by atoms with van der Waals surface area (Å²) in [7, 11) is 0. The van der Waals surface area contributed by atoms with Crippen LogP contribution in [0.3, 0.4) is 0 Å². The van der Waals surface area contributed by atoms with Gasteiger partial charge in [0.1, 0.15) is 0 Å². The second-order valence-corrected chi connectivity index (χ2v) is 3.99. The molecule has 0 aromatic heterocycles. The molecule has 2 heteroatoms. The minimum Gasteiger partial charge on any atom is -0.385 e. The molecule has 1 unspecified atom stereocenters. The fourth-order valence-corrected chi connectivity index (χ4v) is 2.17. The van der Waals surface area contributed by atoms with E-state index in [4.69, 9.17) is 11.6 Å². The van der Waals surface area contributed by atoms with Crippen molar-refractivity contribution in [1.29, 1.82) is 0 Å². The summed E-state index contributed by atoms with van der Waals surface area (Å²) in [6, 6.07) is 6.13. The van der Waals surface area contributed by atoms with Crippen molar-refractivity contribution in [2.45, 2.75) is 25.7 Å². The van der Waals surface area contributed by atoms with Crippen LogP contribution in [0.15, 0.2) is 18.2 Å². The van der Waals surface area contributed by atoms with Gasteiger partial charge < -0.3 is 5.32 Å². The molecule has 0 aliphatic carbocycles. The number of hydrogen-bond acceptors (Lipinski definition) is 1. The molecule has 0 spiro atoms. The normalized spacial score (nSPS) is 20.6. The molecule has 1 aromatic rings. The second kappa shape index (κ2) is 3.59. The minimum atomic E-state index is 0.690. The van der Waals surface area contributed by atoms with E-state index in [0.29, 0.717) is 5.92 Å². The molecule has 1 aromatic carbocycles. The summed E-state index contributed by atoms with van der Waals surface area (Å²) in [4.78, 5) is 0. The summed E-state index contributed by atoms with van der Waals surface area (Å²) < 4.78 is 0. The Hall–Kier alpha value is -0.690. The highest BCUT2D eigenvalue weighted by molar-refractivity contribution is 6.30. The van der Waals surface area contributed by atoms with Crippen LogP contribution in [-0.4, -0.2) is 6.54 Å². The van der Waals surface area contributed by atoms with E-state index in [1.165, 1.54) is 24.1 Å². The Morgan fingerprint density at radius 3 is 3.15 bits per heavy atom. The van der Waals surface area contributed by atoms with Crippen LogP contribution in [0.4, 0.5) is 5.69 Å². The maximum absolute atomic E-state index is 5.97. The number of halogens is 1. The lowest BCUT2D eigenvalue weighted by Gasteiger charge is -2.25. The van der Waals surface area contributed by atoms with Gasteiger partial charge in [0.2, 0.25) is 0 Å². The Balaban J connectivity index is 2.41. The first-order chi connectivity index (χ1) is 6.31. The van der Waals surface area contributed by atoms with Gasteiger partial charge in [-0.2, -0.15) is 0 Å². The van der Waals surface area contributed by atoms with Gasteiger partial charge >= 0.3 is 0 Å². The Morgan fingerprint density at radius 1 is 1.54 bits per heavy atom. The zero-order valence-corrected chi connectivity index (χ0v) is 8.56. The summed E-state index contributed by atoms with van der Waals surface area (Å²) in [5.41, 5.74) is 2.66. The topological polar surface area (TPSA) is 12.0 Å². The van der Waals surface area contributed by atoms with Gasteiger partial charge in [0.05, 0.1) is 0 Å². The lowest BCUT2D eigenvalue weighted by Crippen LogP contribution is -2.16. The molecule has 1 N–H and O–H groups in total. The zero-order valence-electron chi connectivity index (χ0n) is 7.81. The van der Waals surface area contributed by atoms with Gasteiger partial charge in [-0.05, 0) is 42.5 Å². The van der Waals surface area contributed by atoms with Crippen molar-refractivity contribution < 1.29 is 0 Å². The SMILES string of the molecule is CCC1CCNc2ccc(Cl)cc21. The molecule has 1 atom stereocenters. The van der Waals surface area contributed by atoms with Crippen LogP contribution in [0.25, 0.3) is 0 Å². The summed E-state index contributed by atoms with van der Waals surface area (Å²) in [6.45, 7) is 3.33. The molecule has 1 heterocycles. The van der Waals surface area contributed by atoms with E-state index < -0.39 is 0 Å². The van der Waals surface area contributed by atoms with Crippen LogP contribution in [0.1, 0.15) is 31.2 Å². The van der Waals surface area contributed by atoms with Gasteiger partial charge in [-0.25, -0.2) is 0 Å². The van der Waals surface area contributed by atoms with Crippen LogP contribution in [-0.2, 0) is 0 Å². The Bertz CT molecular complexity index is 309. The number of benzene rings is 1. The van der Waals surface area contributed by atoms with Gasteiger partial charge in [-0.1, -0.05) is 18.5 Å². The van der Waals surface area contributed by atoms with Crippen LogP contribution in [0.2, 0.25) is 5.02 Å². The molecule has 1 aliphatic heterocycles. The number of anilines is 1. The van der Waals surface area contributed by atoms with E-state index in [-0.39, 0.29) is 0 Å². The van der Waals surface area contributed by atoms with E-state index in [1.807, 2.05) is 6.07 Å². The zero-order chi connectivity index (χ0) is 9.26. The Labute approximate surface area is 84.1 Å². The quantitative estimate of drug-likeness (QED) is 0.722. The first-order valence-corrected chi connectivity index (χ1v) is 5.22. The van der Waals surface area contributed by atoms with E-state index in [2.05, 4.69) is 24.4 Å². The molecule has 2 rings (SSSR count). The van der Waals surface area contributed by atoms with Gasteiger partial charge in [0.25, 0.3) is 0 Å². The van der Waals surface area contributed by atoms with Gasteiger partial charge in [0.15, 0.2) is 0 Å². The Kier molecular flexibility index (Phi) is 2.45. The van der Waals surface area contributed by atoms with E-state index >= 15 is 0 Å². The third-order valence-corrected chi connectivity index (χ3v) is 2.99. The highest BCUT2D eigenvalue weighted by Gasteiger charge is 2.17. The second-order valence-electron chi connectivity index (χ2n) is 3.55. The average molecular weight is 196 g/mol. The fraction of sp³-hybridized carbons (Fsp3) is 0.455. The Morgan fingerprint density at radius 2 is 2.38 bits per heavy atom. The molecule has 0 saturated heterocycles. The van der Waals surface area contributed by atoms with Crippen molar-refractivity contribution in [1.82, 2.24) is 0 Å². The number of hydrogen-bond donors (Lipinski definition) is 1. The summed E-state index contributed by atoms with van der Waals surface area (Å²) in [6.07, 6.45) is 2.43. The maximum atomic E-state index is 5.97. The summed E-state index contributed by atoms with van der Waals surface area (Å²) in [5.74, 6) is 0.690. The van der Waals surface area contributed by atoms with Crippen molar-refractivity contribution in [3.05, 3.63) is 28.8 Å². The predicted octanol–water partition coefficient (Wildman–Crippen LogP) is 3.65. The van der Waals surface area contributed by atoms with Gasteiger partial charge in [-0.3, -0.25) is 0 Å². The van der Waals surface area contributed by atoms with E-state index in [1.54, 1.807) is 0 Å². The summed E-state index contributed by atoms with van der Waals surface area (Å²) in [5, 5.41) is 4.24. The smallest absolute Gasteiger partial charge is 0.0410 e. The third kappa shape index (κ3) is 1.66.